The molecule has 0 aliphatic heterocycles. The van der Waals surface area contributed by atoms with Gasteiger partial charge in [-0.2, -0.15) is 0 Å². The fraction of sp³-hybridized carbons (Fsp3) is 0.143. The van der Waals surface area contributed by atoms with Gasteiger partial charge in [0.25, 0.3) is 0 Å². The van der Waals surface area contributed by atoms with Gasteiger partial charge in [0.1, 0.15) is 17.4 Å². The highest BCUT2D eigenvalue weighted by molar-refractivity contribution is 5.84. The Labute approximate surface area is 118 Å². The summed E-state index contributed by atoms with van der Waals surface area (Å²) in [7, 11) is 0. The zero-order chi connectivity index (χ0) is 15.4. The normalized spacial score (nSPS) is 10.4. The lowest BCUT2D eigenvalue weighted by Gasteiger charge is -2.05. The van der Waals surface area contributed by atoms with Gasteiger partial charge in [0, 0.05) is 5.56 Å². The van der Waals surface area contributed by atoms with Crippen LogP contribution in [0.25, 0.3) is 0 Å². The molecule has 0 saturated carbocycles. The Hall–Kier alpha value is -2.70. The highest BCUT2D eigenvalue weighted by Crippen LogP contribution is 2.13. The first kappa shape index (κ1) is 14.7. The van der Waals surface area contributed by atoms with Crippen molar-refractivity contribution in [3.63, 3.8) is 0 Å². The molecule has 0 fully saturated rings. The van der Waals surface area contributed by atoms with Crippen molar-refractivity contribution < 1.29 is 27.9 Å². The number of hydrogen-bond donors (Lipinski definition) is 2. The Morgan fingerprint density at radius 3 is 2.38 bits per heavy atom. The molecule has 0 saturated heterocycles. The minimum absolute atomic E-state index is 0.0673. The molecule has 0 atom stereocenters. The van der Waals surface area contributed by atoms with Gasteiger partial charge < -0.3 is 14.8 Å². The van der Waals surface area contributed by atoms with Gasteiger partial charge in [0.15, 0.2) is 0 Å². The van der Waals surface area contributed by atoms with Crippen LogP contribution in [0.4, 0.5) is 8.78 Å². The van der Waals surface area contributed by atoms with Gasteiger partial charge in [-0.25, -0.2) is 13.6 Å². The number of carbonyl (C=O) groups is 2. The smallest absolute Gasteiger partial charge is 0.371 e. The van der Waals surface area contributed by atoms with Crippen LogP contribution in [0.15, 0.2) is 34.7 Å². The molecule has 0 radical (unpaired) electrons. The van der Waals surface area contributed by atoms with Crippen LogP contribution in [0, 0.1) is 11.6 Å². The Balaban J connectivity index is 1.94. The van der Waals surface area contributed by atoms with Gasteiger partial charge in [-0.1, -0.05) is 6.07 Å². The topological polar surface area (TPSA) is 79.5 Å². The highest BCUT2D eigenvalue weighted by Gasteiger charge is 2.14. The Kier molecular flexibility index (Phi) is 4.32. The predicted molar refractivity (Wildman–Crippen MR) is 67.6 cm³/mol. The summed E-state index contributed by atoms with van der Waals surface area (Å²) >= 11 is 0. The van der Waals surface area contributed by atoms with E-state index in [4.69, 9.17) is 9.52 Å². The fourth-order valence-corrected chi connectivity index (χ4v) is 1.70. The average molecular weight is 295 g/mol. The van der Waals surface area contributed by atoms with Crippen molar-refractivity contribution in [3.8, 4) is 0 Å². The fourth-order valence-electron chi connectivity index (χ4n) is 1.70. The summed E-state index contributed by atoms with van der Waals surface area (Å²) in [4.78, 5) is 22.2. The number of furan rings is 1. The molecule has 2 N–H and O–H groups in total. The molecule has 21 heavy (non-hydrogen) atoms. The number of aromatic carboxylic acids is 1. The van der Waals surface area contributed by atoms with Crippen LogP contribution in [-0.4, -0.2) is 17.0 Å². The van der Waals surface area contributed by atoms with Crippen molar-refractivity contribution in [1.29, 1.82) is 0 Å². The molecule has 110 valence electrons. The Morgan fingerprint density at radius 1 is 1.14 bits per heavy atom. The van der Waals surface area contributed by atoms with Crippen LogP contribution in [0.5, 0.6) is 0 Å². The van der Waals surface area contributed by atoms with E-state index >= 15 is 0 Å². The molecule has 2 rings (SSSR count). The van der Waals surface area contributed by atoms with Crippen molar-refractivity contribution in [2.45, 2.75) is 13.0 Å². The molecule has 0 aliphatic carbocycles. The number of carbonyl (C=O) groups excluding carboxylic acids is 1. The van der Waals surface area contributed by atoms with E-state index < -0.39 is 29.9 Å². The molecule has 1 aromatic carbocycles. The van der Waals surface area contributed by atoms with Gasteiger partial charge in [-0.15, -0.1) is 0 Å². The summed E-state index contributed by atoms with van der Waals surface area (Å²) in [6.07, 6.45) is -0.453. The van der Waals surface area contributed by atoms with E-state index in [0.29, 0.717) is 0 Å². The molecule has 2 aromatic rings. The molecule has 1 aromatic heterocycles. The molecule has 0 aliphatic rings. The van der Waals surface area contributed by atoms with Crippen LogP contribution >= 0.6 is 0 Å². The van der Waals surface area contributed by atoms with E-state index in [1.54, 1.807) is 0 Å². The van der Waals surface area contributed by atoms with Crippen molar-refractivity contribution in [2.24, 2.45) is 0 Å². The quantitative estimate of drug-likeness (QED) is 0.885. The summed E-state index contributed by atoms with van der Waals surface area (Å²) in [6, 6.07) is 5.99. The largest absolute Gasteiger partial charge is 0.475 e. The van der Waals surface area contributed by atoms with Crippen LogP contribution in [0.1, 0.15) is 21.9 Å². The minimum Gasteiger partial charge on any atom is -0.475 e. The molecule has 0 spiro atoms. The van der Waals surface area contributed by atoms with E-state index in [2.05, 4.69) is 5.32 Å². The number of benzene rings is 1. The molecule has 7 heteroatoms. The van der Waals surface area contributed by atoms with Crippen LogP contribution in [0.3, 0.4) is 0 Å². The predicted octanol–water partition coefficient (Wildman–Crippen LogP) is 2.11. The standard InChI is InChI=1S/C14H11F2NO4/c15-10-2-1-3-11(16)9(10)6-13(18)17-7-8-4-5-12(21-8)14(19)20/h1-5H,6-7H2,(H,17,18)(H,19,20). The maximum absolute atomic E-state index is 13.4. The van der Waals surface area contributed by atoms with Gasteiger partial charge in [0.2, 0.25) is 11.7 Å². The first-order valence-electron chi connectivity index (χ1n) is 5.99. The van der Waals surface area contributed by atoms with Crippen LogP contribution in [0.2, 0.25) is 0 Å². The molecule has 1 amide bonds. The summed E-state index contributed by atoms with van der Waals surface area (Å²) in [6.45, 7) is -0.0673. The van der Waals surface area contributed by atoms with Gasteiger partial charge in [-0.3, -0.25) is 4.79 Å². The lowest BCUT2D eigenvalue weighted by atomic mass is 10.1. The zero-order valence-corrected chi connectivity index (χ0v) is 10.7. The van der Waals surface area contributed by atoms with E-state index in [-0.39, 0.29) is 23.6 Å². The summed E-state index contributed by atoms with van der Waals surface area (Å²) in [5, 5.41) is 11.1. The van der Waals surface area contributed by atoms with E-state index in [1.807, 2.05) is 0 Å². The van der Waals surface area contributed by atoms with Gasteiger partial charge in [0.05, 0.1) is 13.0 Å². The molecule has 0 unspecified atom stereocenters. The number of carboxylic acids is 1. The number of rotatable bonds is 5. The van der Waals surface area contributed by atoms with E-state index in [0.717, 1.165) is 12.1 Å². The lowest BCUT2D eigenvalue weighted by Crippen LogP contribution is -2.25. The van der Waals surface area contributed by atoms with Gasteiger partial charge in [-0.05, 0) is 24.3 Å². The summed E-state index contributed by atoms with van der Waals surface area (Å²) in [5.74, 6) is -3.44. The van der Waals surface area contributed by atoms with Crippen LogP contribution in [-0.2, 0) is 17.8 Å². The maximum atomic E-state index is 13.4. The highest BCUT2D eigenvalue weighted by atomic mass is 19.1. The van der Waals surface area contributed by atoms with E-state index in [1.165, 1.54) is 18.2 Å². The molecule has 1 heterocycles. The third-order valence-electron chi connectivity index (χ3n) is 2.73. The zero-order valence-electron chi connectivity index (χ0n) is 10.7. The number of amides is 1. The molecule has 0 bridgehead atoms. The summed E-state index contributed by atoms with van der Waals surface area (Å²) in [5.41, 5.74) is -0.319. The van der Waals surface area contributed by atoms with Crippen molar-refractivity contribution in [2.75, 3.05) is 0 Å². The molecule has 5 nitrogen and oxygen atoms in total. The van der Waals surface area contributed by atoms with Crippen molar-refractivity contribution in [1.82, 2.24) is 5.32 Å². The second kappa shape index (κ2) is 6.17. The first-order chi connectivity index (χ1) is 9.97. The number of hydrogen-bond acceptors (Lipinski definition) is 3. The Morgan fingerprint density at radius 2 is 1.81 bits per heavy atom. The third kappa shape index (κ3) is 3.65. The molecular weight excluding hydrogens is 284 g/mol. The van der Waals surface area contributed by atoms with Crippen molar-refractivity contribution in [3.05, 3.63) is 59.1 Å². The first-order valence-corrected chi connectivity index (χ1v) is 5.99. The van der Waals surface area contributed by atoms with Crippen LogP contribution < -0.4 is 5.32 Å². The minimum atomic E-state index is -1.22. The average Bonchev–Trinajstić information content (AvgIpc) is 2.90. The third-order valence-corrected chi connectivity index (χ3v) is 2.73. The second-order valence-electron chi connectivity index (χ2n) is 4.22. The molecular formula is C14H11F2NO4. The maximum Gasteiger partial charge on any atom is 0.371 e. The van der Waals surface area contributed by atoms with Crippen molar-refractivity contribution >= 4 is 11.9 Å². The Bertz CT molecular complexity index is 661. The van der Waals surface area contributed by atoms with E-state index in [9.17, 15) is 18.4 Å². The SMILES string of the molecule is O=C(Cc1c(F)cccc1F)NCc1ccc(C(=O)O)o1. The number of halogens is 2. The summed E-state index contributed by atoms with van der Waals surface area (Å²) < 4.78 is 31.7. The number of carboxylic acid groups (broad SMARTS) is 1. The monoisotopic (exact) mass is 295 g/mol. The lowest BCUT2D eigenvalue weighted by molar-refractivity contribution is -0.120. The number of nitrogens with one attached hydrogen (secondary N) is 1. The van der Waals surface area contributed by atoms with Gasteiger partial charge >= 0.3 is 5.97 Å². The second-order valence-corrected chi connectivity index (χ2v) is 4.22.